The zero-order valence-corrected chi connectivity index (χ0v) is 9.56. The lowest BCUT2D eigenvalue weighted by Crippen LogP contribution is -2.44. The molecule has 0 spiro atoms. The van der Waals surface area contributed by atoms with E-state index in [9.17, 15) is 9.59 Å². The van der Waals surface area contributed by atoms with E-state index in [2.05, 4.69) is 16.9 Å². The van der Waals surface area contributed by atoms with E-state index in [4.69, 9.17) is 10.8 Å². The Kier molecular flexibility index (Phi) is 3.67. The summed E-state index contributed by atoms with van der Waals surface area (Å²) >= 11 is 0. The number of aliphatic imine (C=N–C) groups is 1. The Morgan fingerprint density at radius 2 is 2.12 bits per heavy atom. The molecule has 1 saturated carbocycles. The van der Waals surface area contributed by atoms with Crippen LogP contribution in [0.5, 0.6) is 0 Å². The average Bonchev–Trinajstić information content (AvgIpc) is 2.99. The Morgan fingerprint density at radius 3 is 2.47 bits per heavy atom. The number of aliphatic carboxylic acids is 1. The van der Waals surface area contributed by atoms with E-state index in [-0.39, 0.29) is 5.57 Å². The van der Waals surface area contributed by atoms with Crippen molar-refractivity contribution in [3.8, 4) is 0 Å². The van der Waals surface area contributed by atoms with E-state index in [0.717, 1.165) is 6.20 Å². The molecule has 0 aromatic carbocycles. The second kappa shape index (κ2) is 4.82. The number of nitrogens with zero attached hydrogens (tertiary/aromatic N) is 1. The molecule has 0 unspecified atom stereocenters. The first-order valence-corrected chi connectivity index (χ1v) is 5.09. The summed E-state index contributed by atoms with van der Waals surface area (Å²) in [6.07, 6.45) is 3.21. The van der Waals surface area contributed by atoms with Crippen LogP contribution in [-0.2, 0) is 9.59 Å². The largest absolute Gasteiger partial charge is 0.480 e. The van der Waals surface area contributed by atoms with Gasteiger partial charge in [0.2, 0.25) is 0 Å². The molecule has 0 aliphatic heterocycles. The van der Waals surface area contributed by atoms with Crippen LogP contribution in [0, 0.1) is 0 Å². The van der Waals surface area contributed by atoms with Gasteiger partial charge in [0, 0.05) is 18.1 Å². The van der Waals surface area contributed by atoms with Gasteiger partial charge in [-0.2, -0.15) is 0 Å². The van der Waals surface area contributed by atoms with Crippen molar-refractivity contribution in [3.05, 3.63) is 24.0 Å². The summed E-state index contributed by atoms with van der Waals surface area (Å²) < 4.78 is 0. The molecular formula is C11H15N3O3. The summed E-state index contributed by atoms with van der Waals surface area (Å²) in [6, 6.07) is 0. The van der Waals surface area contributed by atoms with Gasteiger partial charge >= 0.3 is 5.97 Å². The standard InChI is InChI=1S/C11H15N3O3/c1-7(2)13-6-8(5-12)9(15)14-11(3-4-11)10(16)17/h5-6H,1,3-4,12H2,2H3,(H,14,15)(H,16,17)/b8-5+,13-6-. The van der Waals surface area contributed by atoms with Crippen molar-refractivity contribution in [2.75, 3.05) is 0 Å². The maximum atomic E-state index is 11.7. The Morgan fingerprint density at radius 1 is 1.53 bits per heavy atom. The number of carboxylic acids is 1. The van der Waals surface area contributed by atoms with Crippen LogP contribution in [0.4, 0.5) is 0 Å². The summed E-state index contributed by atoms with van der Waals surface area (Å²) in [5.41, 5.74) is 4.80. The maximum Gasteiger partial charge on any atom is 0.329 e. The van der Waals surface area contributed by atoms with Gasteiger partial charge in [-0.25, -0.2) is 4.79 Å². The third-order valence-corrected chi connectivity index (χ3v) is 2.38. The molecule has 0 bridgehead atoms. The first-order chi connectivity index (χ1) is 7.91. The third-order valence-electron chi connectivity index (χ3n) is 2.38. The lowest BCUT2D eigenvalue weighted by atomic mass is 10.2. The molecule has 1 fully saturated rings. The van der Waals surface area contributed by atoms with E-state index >= 15 is 0 Å². The van der Waals surface area contributed by atoms with Gasteiger partial charge in [-0.3, -0.25) is 9.79 Å². The molecule has 6 nitrogen and oxygen atoms in total. The van der Waals surface area contributed by atoms with Gasteiger partial charge in [0.05, 0.1) is 5.57 Å². The molecule has 1 aliphatic carbocycles. The van der Waals surface area contributed by atoms with Gasteiger partial charge in [-0.05, 0) is 19.8 Å². The minimum atomic E-state index is -1.12. The number of allylic oxidation sites excluding steroid dienone is 1. The fourth-order valence-electron chi connectivity index (χ4n) is 1.16. The fraction of sp³-hybridized carbons (Fsp3) is 0.364. The monoisotopic (exact) mass is 237 g/mol. The summed E-state index contributed by atoms with van der Waals surface area (Å²) in [7, 11) is 0. The molecule has 0 aromatic heterocycles. The van der Waals surface area contributed by atoms with Crippen molar-refractivity contribution in [3.63, 3.8) is 0 Å². The highest BCUT2D eigenvalue weighted by Gasteiger charge is 2.51. The van der Waals surface area contributed by atoms with Crippen molar-refractivity contribution in [2.24, 2.45) is 10.7 Å². The van der Waals surface area contributed by atoms with Gasteiger partial charge < -0.3 is 16.2 Å². The SMILES string of the molecule is C=C(C)/N=C\C(=C/N)C(=O)NC1(C(=O)O)CC1. The highest BCUT2D eigenvalue weighted by atomic mass is 16.4. The molecule has 0 heterocycles. The number of amides is 1. The Bertz CT molecular complexity index is 420. The fourth-order valence-corrected chi connectivity index (χ4v) is 1.16. The molecule has 1 amide bonds. The quantitative estimate of drug-likeness (QED) is 0.468. The first-order valence-electron chi connectivity index (χ1n) is 5.09. The van der Waals surface area contributed by atoms with Crippen LogP contribution < -0.4 is 11.1 Å². The number of hydrogen-bond donors (Lipinski definition) is 3. The lowest BCUT2D eigenvalue weighted by Gasteiger charge is -2.12. The van der Waals surface area contributed by atoms with Crippen molar-refractivity contribution in [1.82, 2.24) is 5.32 Å². The minimum Gasteiger partial charge on any atom is -0.480 e. The zero-order chi connectivity index (χ0) is 13.1. The predicted octanol–water partition coefficient (Wildman–Crippen LogP) is 0.167. The van der Waals surface area contributed by atoms with Crippen LogP contribution in [0.15, 0.2) is 29.0 Å². The number of nitrogens with two attached hydrogens (primary N) is 1. The van der Waals surface area contributed by atoms with Gasteiger partial charge in [0.15, 0.2) is 0 Å². The van der Waals surface area contributed by atoms with Gasteiger partial charge in [0.25, 0.3) is 5.91 Å². The molecule has 6 heteroatoms. The first kappa shape index (κ1) is 13.0. The lowest BCUT2D eigenvalue weighted by molar-refractivity contribution is -0.142. The number of carbonyl (C=O) groups excluding carboxylic acids is 1. The van der Waals surface area contributed by atoms with Crippen molar-refractivity contribution < 1.29 is 14.7 Å². The molecule has 4 N–H and O–H groups in total. The molecule has 17 heavy (non-hydrogen) atoms. The van der Waals surface area contributed by atoms with Crippen molar-refractivity contribution >= 4 is 18.1 Å². The van der Waals surface area contributed by atoms with Crippen molar-refractivity contribution in [1.29, 1.82) is 0 Å². The molecule has 1 rings (SSSR count). The van der Waals surface area contributed by atoms with Crippen LogP contribution in [0.3, 0.4) is 0 Å². The molecule has 0 atom stereocenters. The smallest absolute Gasteiger partial charge is 0.329 e. The summed E-state index contributed by atoms with van der Waals surface area (Å²) in [5.74, 6) is -1.57. The predicted molar refractivity (Wildman–Crippen MR) is 63.3 cm³/mol. The van der Waals surface area contributed by atoms with Gasteiger partial charge in [-0.15, -0.1) is 0 Å². The summed E-state index contributed by atoms with van der Waals surface area (Å²) in [5, 5.41) is 11.3. The summed E-state index contributed by atoms with van der Waals surface area (Å²) in [6.45, 7) is 5.21. The number of carboxylic acid groups (broad SMARTS) is 1. The molecule has 0 saturated heterocycles. The third kappa shape index (κ3) is 3.17. The zero-order valence-electron chi connectivity index (χ0n) is 9.56. The minimum absolute atomic E-state index is 0.112. The van der Waals surface area contributed by atoms with Crippen LogP contribution >= 0.6 is 0 Å². The topological polar surface area (TPSA) is 105 Å². The van der Waals surface area contributed by atoms with Crippen LogP contribution in [-0.4, -0.2) is 28.7 Å². The molecule has 92 valence electrons. The number of carbonyl (C=O) groups is 2. The van der Waals surface area contributed by atoms with E-state index in [1.54, 1.807) is 6.92 Å². The van der Waals surface area contributed by atoms with Crippen molar-refractivity contribution in [2.45, 2.75) is 25.3 Å². The molecule has 1 aliphatic rings. The van der Waals surface area contributed by atoms with Gasteiger partial charge in [0.1, 0.15) is 5.54 Å². The molecule has 0 aromatic rings. The number of hydrogen-bond acceptors (Lipinski definition) is 4. The highest BCUT2D eigenvalue weighted by molar-refractivity contribution is 6.13. The summed E-state index contributed by atoms with van der Waals surface area (Å²) in [4.78, 5) is 26.4. The van der Waals surface area contributed by atoms with Gasteiger partial charge in [-0.1, -0.05) is 6.58 Å². The average molecular weight is 237 g/mol. The second-order valence-corrected chi connectivity index (χ2v) is 3.96. The Labute approximate surface area is 98.9 Å². The normalized spacial score (nSPS) is 17.8. The number of rotatable bonds is 5. The highest BCUT2D eigenvalue weighted by Crippen LogP contribution is 2.35. The maximum absolute atomic E-state index is 11.7. The second-order valence-electron chi connectivity index (χ2n) is 3.96. The van der Waals surface area contributed by atoms with Crippen LogP contribution in [0.25, 0.3) is 0 Å². The van der Waals surface area contributed by atoms with Crippen LogP contribution in [0.1, 0.15) is 19.8 Å². The van der Waals surface area contributed by atoms with E-state index < -0.39 is 17.4 Å². The Hall–Kier alpha value is -2.11. The Balaban J connectivity index is 2.69. The van der Waals surface area contributed by atoms with E-state index in [1.807, 2.05) is 0 Å². The number of nitrogens with one attached hydrogen (secondary N) is 1. The van der Waals surface area contributed by atoms with Crippen LogP contribution in [0.2, 0.25) is 0 Å². The molecule has 0 radical (unpaired) electrons. The van der Waals surface area contributed by atoms with E-state index in [0.29, 0.717) is 18.5 Å². The molecular weight excluding hydrogens is 222 g/mol. The van der Waals surface area contributed by atoms with E-state index in [1.165, 1.54) is 6.21 Å².